The van der Waals surface area contributed by atoms with Crippen LogP contribution in [0.4, 0.5) is 5.69 Å². The molecular formula is C27H20ClN3O2S2. The first kappa shape index (κ1) is 23.2. The summed E-state index contributed by atoms with van der Waals surface area (Å²) in [5, 5.41) is 7.58. The number of thiazole rings is 1. The fourth-order valence-electron chi connectivity index (χ4n) is 3.56. The van der Waals surface area contributed by atoms with E-state index in [4.69, 9.17) is 28.2 Å². The van der Waals surface area contributed by atoms with Crippen molar-refractivity contribution in [3.05, 3.63) is 106 Å². The molecule has 2 heterocycles. The van der Waals surface area contributed by atoms with Crippen LogP contribution in [0.1, 0.15) is 26.7 Å². The van der Waals surface area contributed by atoms with Gasteiger partial charge in [-0.15, -0.1) is 11.3 Å². The van der Waals surface area contributed by atoms with Gasteiger partial charge in [0.15, 0.2) is 10.9 Å². The maximum atomic E-state index is 12.6. The smallest absolute Gasteiger partial charge is 0.293 e. The molecule has 0 bridgehead atoms. The number of amides is 1. The number of anilines is 1. The van der Waals surface area contributed by atoms with Gasteiger partial charge in [0, 0.05) is 22.7 Å². The fourth-order valence-corrected chi connectivity index (χ4v) is 4.96. The van der Waals surface area contributed by atoms with E-state index in [2.05, 4.69) is 21.7 Å². The fraction of sp³-hybridized carbons (Fsp3) is 0.0741. The summed E-state index contributed by atoms with van der Waals surface area (Å²) in [6.07, 6.45) is 0.758. The Bertz CT molecular complexity index is 1510. The Labute approximate surface area is 216 Å². The third-order valence-electron chi connectivity index (χ3n) is 5.42. The van der Waals surface area contributed by atoms with Crippen LogP contribution in [0.15, 0.2) is 83.3 Å². The van der Waals surface area contributed by atoms with Crippen molar-refractivity contribution in [1.82, 2.24) is 10.3 Å². The first-order chi connectivity index (χ1) is 16.9. The highest BCUT2D eigenvalue weighted by molar-refractivity contribution is 7.80. The van der Waals surface area contributed by atoms with Gasteiger partial charge < -0.3 is 9.73 Å². The summed E-state index contributed by atoms with van der Waals surface area (Å²) in [5.41, 5.74) is 4.72. The van der Waals surface area contributed by atoms with E-state index in [1.165, 1.54) is 4.70 Å². The van der Waals surface area contributed by atoms with Gasteiger partial charge in [-0.05, 0) is 72.7 Å². The van der Waals surface area contributed by atoms with Crippen LogP contribution in [0.5, 0.6) is 0 Å². The number of nitrogens with zero attached hydrogens (tertiary/aromatic N) is 1. The molecule has 8 heteroatoms. The van der Waals surface area contributed by atoms with Gasteiger partial charge in [0.05, 0.1) is 15.2 Å². The average molecular weight is 518 g/mol. The number of nitrogens with one attached hydrogen (secondary N) is 2. The average Bonchev–Trinajstić information content (AvgIpc) is 3.49. The summed E-state index contributed by atoms with van der Waals surface area (Å²) in [7, 11) is 0. The summed E-state index contributed by atoms with van der Waals surface area (Å²) in [5.74, 6) is 0.283. The largest absolute Gasteiger partial charge is 0.451 e. The van der Waals surface area contributed by atoms with Crippen molar-refractivity contribution in [2.45, 2.75) is 13.3 Å². The number of carbonyl (C=O) groups is 1. The number of furan rings is 1. The van der Waals surface area contributed by atoms with Gasteiger partial charge in [-0.25, -0.2) is 4.98 Å². The van der Waals surface area contributed by atoms with Gasteiger partial charge in [-0.1, -0.05) is 48.0 Å². The minimum Gasteiger partial charge on any atom is -0.451 e. The van der Waals surface area contributed by atoms with Crippen LogP contribution in [0.25, 0.3) is 21.5 Å². The summed E-state index contributed by atoms with van der Waals surface area (Å²) >= 11 is 13.2. The molecule has 0 fully saturated rings. The topological polar surface area (TPSA) is 67.2 Å². The number of rotatable bonds is 5. The number of benzene rings is 3. The molecule has 35 heavy (non-hydrogen) atoms. The third kappa shape index (κ3) is 5.43. The van der Waals surface area contributed by atoms with Gasteiger partial charge in [-0.3, -0.25) is 10.1 Å². The van der Waals surface area contributed by atoms with Gasteiger partial charge in [-0.2, -0.15) is 0 Å². The molecule has 5 nitrogen and oxygen atoms in total. The van der Waals surface area contributed by atoms with Crippen LogP contribution in [0, 0.1) is 6.92 Å². The highest BCUT2D eigenvalue weighted by Crippen LogP contribution is 2.27. The van der Waals surface area contributed by atoms with Crippen molar-refractivity contribution in [2.24, 2.45) is 0 Å². The Morgan fingerprint density at radius 3 is 2.63 bits per heavy atom. The molecule has 2 aromatic heterocycles. The Morgan fingerprint density at radius 2 is 1.86 bits per heavy atom. The lowest BCUT2D eigenvalue weighted by Gasteiger charge is -2.09. The lowest BCUT2D eigenvalue weighted by molar-refractivity contribution is 0.0951. The molecule has 0 atom stereocenters. The molecule has 5 rings (SSSR count). The van der Waals surface area contributed by atoms with Crippen LogP contribution >= 0.6 is 35.2 Å². The van der Waals surface area contributed by atoms with Crippen LogP contribution in [0.2, 0.25) is 5.02 Å². The zero-order chi connectivity index (χ0) is 24.4. The van der Waals surface area contributed by atoms with E-state index < -0.39 is 5.91 Å². The molecule has 0 aliphatic heterocycles. The Balaban J connectivity index is 1.18. The van der Waals surface area contributed by atoms with Crippen LogP contribution < -0.4 is 10.6 Å². The van der Waals surface area contributed by atoms with E-state index in [0.29, 0.717) is 10.8 Å². The first-order valence-electron chi connectivity index (χ1n) is 10.9. The second-order valence-electron chi connectivity index (χ2n) is 7.99. The SMILES string of the molecule is Cc1ccc(-c2ccc(C(=O)NC(=S)Nc3ccc(Cc4nc5ccccc5s4)cc3)o2)cc1Cl. The molecule has 3 aromatic carbocycles. The van der Waals surface area contributed by atoms with Gasteiger partial charge in [0.2, 0.25) is 0 Å². The van der Waals surface area contributed by atoms with E-state index in [1.54, 1.807) is 23.5 Å². The van der Waals surface area contributed by atoms with Gasteiger partial charge in [0.25, 0.3) is 5.91 Å². The van der Waals surface area contributed by atoms with E-state index in [9.17, 15) is 4.79 Å². The normalized spacial score (nSPS) is 10.9. The molecule has 0 radical (unpaired) electrons. The molecule has 1 amide bonds. The van der Waals surface area contributed by atoms with Crippen molar-refractivity contribution in [3.8, 4) is 11.3 Å². The first-order valence-corrected chi connectivity index (χ1v) is 12.5. The van der Waals surface area contributed by atoms with Gasteiger partial charge >= 0.3 is 0 Å². The summed E-state index contributed by atoms with van der Waals surface area (Å²) in [6, 6.07) is 25.0. The van der Waals surface area contributed by atoms with Crippen LogP contribution in [0.3, 0.4) is 0 Å². The Morgan fingerprint density at radius 1 is 1.06 bits per heavy atom. The number of carbonyl (C=O) groups excluding carboxylic acids is 1. The second kappa shape index (κ2) is 10.00. The van der Waals surface area contributed by atoms with Crippen LogP contribution in [-0.2, 0) is 6.42 Å². The molecule has 0 unspecified atom stereocenters. The molecule has 0 saturated heterocycles. The van der Waals surface area contributed by atoms with Crippen molar-refractivity contribution >= 4 is 62.1 Å². The van der Waals surface area contributed by atoms with Crippen molar-refractivity contribution < 1.29 is 9.21 Å². The van der Waals surface area contributed by atoms with E-state index >= 15 is 0 Å². The third-order valence-corrected chi connectivity index (χ3v) is 7.07. The van der Waals surface area contributed by atoms with Crippen molar-refractivity contribution in [1.29, 1.82) is 0 Å². The Kier molecular flexibility index (Phi) is 6.63. The zero-order valence-electron chi connectivity index (χ0n) is 18.7. The van der Waals surface area contributed by atoms with E-state index in [-0.39, 0.29) is 10.9 Å². The number of aryl methyl sites for hydroxylation is 1. The molecule has 5 aromatic rings. The molecular weight excluding hydrogens is 498 g/mol. The number of aromatic nitrogens is 1. The van der Waals surface area contributed by atoms with Crippen LogP contribution in [-0.4, -0.2) is 16.0 Å². The molecule has 0 saturated carbocycles. The molecule has 0 aliphatic carbocycles. The lowest BCUT2D eigenvalue weighted by Crippen LogP contribution is -2.33. The highest BCUT2D eigenvalue weighted by Gasteiger charge is 2.14. The minimum absolute atomic E-state index is 0.159. The monoisotopic (exact) mass is 517 g/mol. The number of fused-ring (bicyclic) bond motifs is 1. The summed E-state index contributed by atoms with van der Waals surface area (Å²) in [6.45, 7) is 1.93. The van der Waals surface area contributed by atoms with Crippen molar-refractivity contribution in [3.63, 3.8) is 0 Å². The predicted octanol–water partition coefficient (Wildman–Crippen LogP) is 7.24. The van der Waals surface area contributed by atoms with E-state index in [1.807, 2.05) is 67.6 Å². The maximum absolute atomic E-state index is 12.6. The number of halogens is 1. The maximum Gasteiger partial charge on any atom is 0.293 e. The number of hydrogen-bond donors (Lipinski definition) is 2. The van der Waals surface area contributed by atoms with Crippen molar-refractivity contribution in [2.75, 3.05) is 5.32 Å². The number of thiocarbonyl (C=S) groups is 1. The minimum atomic E-state index is -0.431. The molecule has 174 valence electrons. The molecule has 0 spiro atoms. The summed E-state index contributed by atoms with van der Waals surface area (Å²) in [4.78, 5) is 17.3. The zero-order valence-corrected chi connectivity index (χ0v) is 21.1. The summed E-state index contributed by atoms with van der Waals surface area (Å²) < 4.78 is 6.90. The molecule has 0 aliphatic rings. The quantitative estimate of drug-likeness (QED) is 0.241. The lowest BCUT2D eigenvalue weighted by atomic mass is 10.1. The highest BCUT2D eigenvalue weighted by atomic mass is 35.5. The predicted molar refractivity (Wildman–Crippen MR) is 146 cm³/mol. The standard InChI is InChI=1S/C27H20ClN3O2S2/c1-16-6-9-18(15-20(16)28)22-12-13-23(33-22)26(32)31-27(34)29-19-10-7-17(8-11-19)14-25-30-21-4-2-3-5-24(21)35-25/h2-13,15H,14H2,1H3,(H2,29,31,32,34). The number of hydrogen-bond acceptors (Lipinski definition) is 5. The second-order valence-corrected chi connectivity index (χ2v) is 9.92. The molecule has 2 N–H and O–H groups in total. The van der Waals surface area contributed by atoms with E-state index in [0.717, 1.165) is 39.3 Å². The Hall–Kier alpha value is -3.52. The number of para-hydroxylation sites is 1. The van der Waals surface area contributed by atoms with Gasteiger partial charge in [0.1, 0.15) is 5.76 Å².